The van der Waals surface area contributed by atoms with E-state index in [2.05, 4.69) is 4.98 Å². The molecule has 2 aromatic rings. The van der Waals surface area contributed by atoms with E-state index in [1.807, 2.05) is 6.07 Å². The Hall–Kier alpha value is -1.61. The average molecular weight is 222 g/mol. The second-order valence-corrected chi connectivity index (χ2v) is 3.72. The molecule has 0 aliphatic heterocycles. The molecule has 3 nitrogen and oxygen atoms in total. The summed E-state index contributed by atoms with van der Waals surface area (Å²) in [5.41, 5.74) is 0.731. The maximum absolute atomic E-state index is 11.0. The summed E-state index contributed by atoms with van der Waals surface area (Å²) >= 11 is 5.81. The molecule has 15 heavy (non-hydrogen) atoms. The standard InChI is InChI=1S/C11H8ClNO2/c1-6-4-7-2-3-8(12)5-9(7)10(13-6)11(14)15/h2-5H,1H3,(H,14,15). The third-order valence-electron chi connectivity index (χ3n) is 2.13. The summed E-state index contributed by atoms with van der Waals surface area (Å²) < 4.78 is 0. The number of aromatic nitrogens is 1. The van der Waals surface area contributed by atoms with Crippen LogP contribution in [-0.4, -0.2) is 16.1 Å². The van der Waals surface area contributed by atoms with E-state index in [0.29, 0.717) is 16.1 Å². The summed E-state index contributed by atoms with van der Waals surface area (Å²) in [5.74, 6) is -1.04. The monoisotopic (exact) mass is 221 g/mol. The molecule has 0 unspecified atom stereocenters. The van der Waals surface area contributed by atoms with E-state index in [1.54, 1.807) is 25.1 Å². The highest BCUT2D eigenvalue weighted by atomic mass is 35.5. The molecule has 76 valence electrons. The molecule has 2 rings (SSSR count). The van der Waals surface area contributed by atoms with Gasteiger partial charge in [-0.3, -0.25) is 0 Å². The molecule has 1 N–H and O–H groups in total. The minimum atomic E-state index is -1.04. The number of carboxylic acids is 1. The Bertz CT molecular complexity index is 552. The zero-order chi connectivity index (χ0) is 11.0. The molecule has 0 atom stereocenters. The summed E-state index contributed by atoms with van der Waals surface area (Å²) in [5, 5.41) is 10.9. The molecule has 1 aromatic heterocycles. The Morgan fingerprint density at radius 3 is 2.80 bits per heavy atom. The number of nitrogens with zero attached hydrogens (tertiary/aromatic N) is 1. The molecular weight excluding hydrogens is 214 g/mol. The number of aryl methyl sites for hydroxylation is 1. The van der Waals surface area contributed by atoms with Gasteiger partial charge in [0.05, 0.1) is 0 Å². The third-order valence-corrected chi connectivity index (χ3v) is 2.36. The van der Waals surface area contributed by atoms with E-state index >= 15 is 0 Å². The summed E-state index contributed by atoms with van der Waals surface area (Å²) in [6.45, 7) is 1.76. The smallest absolute Gasteiger partial charge is 0.355 e. The van der Waals surface area contributed by atoms with Crippen LogP contribution in [0.3, 0.4) is 0 Å². The average Bonchev–Trinajstić information content (AvgIpc) is 2.17. The van der Waals surface area contributed by atoms with E-state index in [9.17, 15) is 4.79 Å². The van der Waals surface area contributed by atoms with Gasteiger partial charge in [0.15, 0.2) is 5.69 Å². The van der Waals surface area contributed by atoms with Gasteiger partial charge in [0.1, 0.15) is 0 Å². The van der Waals surface area contributed by atoms with Crippen LogP contribution in [0, 0.1) is 6.92 Å². The highest BCUT2D eigenvalue weighted by Gasteiger charge is 2.11. The van der Waals surface area contributed by atoms with Gasteiger partial charge < -0.3 is 5.11 Å². The normalized spacial score (nSPS) is 10.5. The maximum Gasteiger partial charge on any atom is 0.355 e. The van der Waals surface area contributed by atoms with Gasteiger partial charge in [0.25, 0.3) is 0 Å². The van der Waals surface area contributed by atoms with Gasteiger partial charge in [-0.25, -0.2) is 9.78 Å². The number of hydrogen-bond acceptors (Lipinski definition) is 2. The van der Waals surface area contributed by atoms with Crippen molar-refractivity contribution in [3.05, 3.63) is 40.7 Å². The van der Waals surface area contributed by atoms with Gasteiger partial charge in [-0.2, -0.15) is 0 Å². The lowest BCUT2D eigenvalue weighted by Gasteiger charge is -2.03. The van der Waals surface area contributed by atoms with Crippen molar-refractivity contribution < 1.29 is 9.90 Å². The van der Waals surface area contributed by atoms with E-state index in [-0.39, 0.29) is 5.69 Å². The van der Waals surface area contributed by atoms with Crippen LogP contribution in [0.1, 0.15) is 16.2 Å². The molecular formula is C11H8ClNO2. The van der Waals surface area contributed by atoms with Crippen LogP contribution in [-0.2, 0) is 0 Å². The first kappa shape index (κ1) is 9.93. The number of carbonyl (C=O) groups is 1. The Morgan fingerprint density at radius 2 is 2.13 bits per heavy atom. The van der Waals surface area contributed by atoms with E-state index < -0.39 is 5.97 Å². The Labute approximate surface area is 91.3 Å². The van der Waals surface area contributed by atoms with Crippen LogP contribution in [0.4, 0.5) is 0 Å². The van der Waals surface area contributed by atoms with Crippen LogP contribution in [0.25, 0.3) is 10.8 Å². The number of halogens is 1. The van der Waals surface area contributed by atoms with E-state index in [0.717, 1.165) is 5.39 Å². The van der Waals surface area contributed by atoms with Gasteiger partial charge in [-0.05, 0) is 30.5 Å². The van der Waals surface area contributed by atoms with Gasteiger partial charge in [0, 0.05) is 16.1 Å². The molecule has 0 spiro atoms. The molecule has 0 radical (unpaired) electrons. The number of benzene rings is 1. The number of carboxylic acid groups (broad SMARTS) is 1. The minimum Gasteiger partial charge on any atom is -0.476 e. The molecule has 0 saturated heterocycles. The lowest BCUT2D eigenvalue weighted by molar-refractivity contribution is 0.0692. The summed E-state index contributed by atoms with van der Waals surface area (Å²) in [6.07, 6.45) is 0. The van der Waals surface area contributed by atoms with Gasteiger partial charge in [-0.15, -0.1) is 0 Å². The molecule has 0 bridgehead atoms. The molecule has 4 heteroatoms. The lowest BCUT2D eigenvalue weighted by atomic mass is 10.1. The highest BCUT2D eigenvalue weighted by Crippen LogP contribution is 2.22. The minimum absolute atomic E-state index is 0.0486. The Kier molecular flexibility index (Phi) is 2.32. The SMILES string of the molecule is Cc1cc2ccc(Cl)cc2c(C(=O)O)n1. The summed E-state index contributed by atoms with van der Waals surface area (Å²) in [4.78, 5) is 15.0. The van der Waals surface area contributed by atoms with Gasteiger partial charge in [0.2, 0.25) is 0 Å². The number of pyridine rings is 1. The van der Waals surface area contributed by atoms with Crippen LogP contribution in [0.2, 0.25) is 5.02 Å². The number of fused-ring (bicyclic) bond motifs is 1. The fourth-order valence-electron chi connectivity index (χ4n) is 1.52. The van der Waals surface area contributed by atoms with Crippen LogP contribution in [0.15, 0.2) is 24.3 Å². The summed E-state index contributed by atoms with van der Waals surface area (Å²) in [6, 6.07) is 6.97. The topological polar surface area (TPSA) is 50.2 Å². The first-order valence-corrected chi connectivity index (χ1v) is 4.76. The van der Waals surface area contributed by atoms with Crippen molar-refractivity contribution in [3.63, 3.8) is 0 Å². The molecule has 0 amide bonds. The second kappa shape index (κ2) is 3.51. The molecule has 0 fully saturated rings. The van der Waals surface area contributed by atoms with E-state index in [1.165, 1.54) is 0 Å². The van der Waals surface area contributed by atoms with Crippen molar-refractivity contribution >= 4 is 28.3 Å². The number of aromatic carboxylic acids is 1. The first-order chi connectivity index (χ1) is 7.08. The summed E-state index contributed by atoms with van der Waals surface area (Å²) in [7, 11) is 0. The zero-order valence-corrected chi connectivity index (χ0v) is 8.75. The largest absolute Gasteiger partial charge is 0.476 e. The lowest BCUT2D eigenvalue weighted by Crippen LogP contribution is -2.02. The number of hydrogen-bond donors (Lipinski definition) is 1. The van der Waals surface area contributed by atoms with Crippen LogP contribution < -0.4 is 0 Å². The predicted molar refractivity (Wildman–Crippen MR) is 58.4 cm³/mol. The second-order valence-electron chi connectivity index (χ2n) is 3.28. The molecule has 1 heterocycles. The van der Waals surface area contributed by atoms with Crippen molar-refractivity contribution in [1.82, 2.24) is 4.98 Å². The van der Waals surface area contributed by atoms with Gasteiger partial charge in [-0.1, -0.05) is 17.7 Å². The van der Waals surface area contributed by atoms with Crippen molar-refractivity contribution in [2.45, 2.75) is 6.92 Å². The molecule has 0 saturated carbocycles. The Morgan fingerprint density at radius 1 is 1.40 bits per heavy atom. The zero-order valence-electron chi connectivity index (χ0n) is 7.99. The van der Waals surface area contributed by atoms with Crippen LogP contribution in [0.5, 0.6) is 0 Å². The molecule has 0 aliphatic rings. The highest BCUT2D eigenvalue weighted by molar-refractivity contribution is 6.31. The Balaban J connectivity index is 2.87. The number of rotatable bonds is 1. The van der Waals surface area contributed by atoms with Crippen molar-refractivity contribution in [2.75, 3.05) is 0 Å². The fraction of sp³-hybridized carbons (Fsp3) is 0.0909. The third kappa shape index (κ3) is 1.78. The maximum atomic E-state index is 11.0. The molecule has 0 aliphatic carbocycles. The predicted octanol–water partition coefficient (Wildman–Crippen LogP) is 2.89. The van der Waals surface area contributed by atoms with Crippen molar-refractivity contribution in [2.24, 2.45) is 0 Å². The van der Waals surface area contributed by atoms with Crippen molar-refractivity contribution in [1.29, 1.82) is 0 Å². The quantitative estimate of drug-likeness (QED) is 0.806. The van der Waals surface area contributed by atoms with Gasteiger partial charge >= 0.3 is 5.97 Å². The van der Waals surface area contributed by atoms with E-state index in [4.69, 9.17) is 16.7 Å². The van der Waals surface area contributed by atoms with Crippen molar-refractivity contribution in [3.8, 4) is 0 Å². The van der Waals surface area contributed by atoms with Crippen LogP contribution >= 0.6 is 11.6 Å². The molecule has 1 aromatic carbocycles. The fourth-order valence-corrected chi connectivity index (χ4v) is 1.69. The first-order valence-electron chi connectivity index (χ1n) is 4.38.